The van der Waals surface area contributed by atoms with Crippen molar-refractivity contribution >= 4 is 29.0 Å². The van der Waals surface area contributed by atoms with Crippen molar-refractivity contribution in [2.75, 3.05) is 5.75 Å². The summed E-state index contributed by atoms with van der Waals surface area (Å²) >= 11 is 3.18. The lowest BCUT2D eigenvalue weighted by atomic mass is 10.2. The Kier molecular flexibility index (Phi) is 4.98. The van der Waals surface area contributed by atoms with Crippen molar-refractivity contribution in [1.82, 2.24) is 10.3 Å². The molecule has 2 heterocycles. The lowest BCUT2D eigenvalue weighted by Gasteiger charge is -2.11. The van der Waals surface area contributed by atoms with Crippen molar-refractivity contribution in [3.8, 4) is 10.8 Å². The highest BCUT2D eigenvalue weighted by molar-refractivity contribution is 7.99. The second-order valence-corrected chi connectivity index (χ2v) is 7.01. The summed E-state index contributed by atoms with van der Waals surface area (Å²) in [6.45, 7) is 0. The first kappa shape index (κ1) is 14.7. The first-order chi connectivity index (χ1) is 10.3. The minimum absolute atomic E-state index is 0.147. The van der Waals surface area contributed by atoms with Gasteiger partial charge in [0, 0.05) is 17.2 Å². The van der Waals surface area contributed by atoms with Crippen LogP contribution in [0, 0.1) is 0 Å². The van der Waals surface area contributed by atoms with Crippen molar-refractivity contribution < 1.29 is 9.21 Å². The van der Waals surface area contributed by atoms with Gasteiger partial charge in [0.1, 0.15) is 0 Å². The van der Waals surface area contributed by atoms with E-state index in [1.807, 2.05) is 17.5 Å². The molecule has 1 aliphatic carbocycles. The molecule has 21 heavy (non-hydrogen) atoms. The van der Waals surface area contributed by atoms with E-state index in [0.717, 1.165) is 35.1 Å². The summed E-state index contributed by atoms with van der Waals surface area (Å²) in [5.74, 6) is 2.21. The summed E-state index contributed by atoms with van der Waals surface area (Å²) in [7, 11) is 0. The Bertz CT molecular complexity index is 574. The van der Waals surface area contributed by atoms with Gasteiger partial charge in [-0.3, -0.25) is 4.79 Å². The van der Waals surface area contributed by atoms with Crippen molar-refractivity contribution in [3.05, 3.63) is 29.5 Å². The third-order valence-electron chi connectivity index (χ3n) is 3.49. The maximum atomic E-state index is 11.8. The molecule has 3 rings (SSSR count). The summed E-state index contributed by atoms with van der Waals surface area (Å²) in [6, 6.07) is 4.17. The number of nitrogens with zero attached hydrogens (tertiary/aromatic N) is 1. The maximum absolute atomic E-state index is 11.8. The number of nitrogens with one attached hydrogen (secondary N) is 1. The third-order valence-corrected chi connectivity index (χ3v) is 5.36. The van der Waals surface area contributed by atoms with Crippen LogP contribution in [0.1, 0.15) is 31.4 Å². The van der Waals surface area contributed by atoms with Gasteiger partial charge >= 0.3 is 0 Å². The van der Waals surface area contributed by atoms with E-state index in [0.29, 0.717) is 11.8 Å². The van der Waals surface area contributed by atoms with Crippen LogP contribution in [0.4, 0.5) is 0 Å². The average Bonchev–Trinajstić information content (AvgIpc) is 3.21. The predicted octanol–water partition coefficient (Wildman–Crippen LogP) is 3.70. The van der Waals surface area contributed by atoms with Crippen LogP contribution in [0.25, 0.3) is 10.8 Å². The molecule has 1 amide bonds. The number of rotatable bonds is 6. The van der Waals surface area contributed by atoms with Crippen LogP contribution in [0.2, 0.25) is 0 Å². The molecule has 2 aromatic rings. The summed E-state index contributed by atoms with van der Waals surface area (Å²) in [6.07, 6.45) is 6.40. The Balaban J connectivity index is 1.42. The lowest BCUT2D eigenvalue weighted by Crippen LogP contribution is -2.33. The fourth-order valence-electron chi connectivity index (χ4n) is 2.47. The largest absolute Gasteiger partial charge is 0.462 e. The topological polar surface area (TPSA) is 55.1 Å². The molecule has 0 radical (unpaired) electrons. The summed E-state index contributed by atoms with van der Waals surface area (Å²) < 4.78 is 5.33. The fourth-order valence-corrected chi connectivity index (χ4v) is 4.09. The monoisotopic (exact) mass is 322 g/mol. The predicted molar refractivity (Wildman–Crippen MR) is 86.4 cm³/mol. The van der Waals surface area contributed by atoms with Gasteiger partial charge in [-0.1, -0.05) is 12.8 Å². The number of carbonyl (C=O) groups is 1. The van der Waals surface area contributed by atoms with E-state index < -0.39 is 0 Å². The quantitative estimate of drug-likeness (QED) is 0.881. The van der Waals surface area contributed by atoms with E-state index in [-0.39, 0.29) is 5.91 Å². The van der Waals surface area contributed by atoms with E-state index >= 15 is 0 Å². The first-order valence-corrected chi connectivity index (χ1v) is 9.20. The van der Waals surface area contributed by atoms with Gasteiger partial charge in [-0.15, -0.1) is 23.1 Å². The van der Waals surface area contributed by atoms with Gasteiger partial charge < -0.3 is 9.73 Å². The van der Waals surface area contributed by atoms with Crippen LogP contribution in [-0.4, -0.2) is 22.7 Å². The summed E-state index contributed by atoms with van der Waals surface area (Å²) in [5, 5.41) is 6.02. The van der Waals surface area contributed by atoms with Crippen molar-refractivity contribution in [3.63, 3.8) is 0 Å². The van der Waals surface area contributed by atoms with Gasteiger partial charge in [0.05, 0.1) is 17.7 Å². The van der Waals surface area contributed by atoms with Crippen molar-refractivity contribution in [2.45, 2.75) is 37.5 Å². The Morgan fingerprint density at radius 3 is 3.10 bits per heavy atom. The van der Waals surface area contributed by atoms with Crippen molar-refractivity contribution in [2.24, 2.45) is 0 Å². The average molecular weight is 322 g/mol. The second-order valence-electron chi connectivity index (χ2n) is 5.16. The van der Waals surface area contributed by atoms with E-state index in [1.165, 1.54) is 12.8 Å². The van der Waals surface area contributed by atoms with Crippen LogP contribution in [0.15, 0.2) is 28.2 Å². The zero-order valence-electron chi connectivity index (χ0n) is 11.7. The van der Waals surface area contributed by atoms with E-state index in [2.05, 4.69) is 10.3 Å². The highest BCUT2D eigenvalue weighted by Gasteiger charge is 2.17. The highest BCUT2D eigenvalue weighted by Crippen LogP contribution is 2.25. The van der Waals surface area contributed by atoms with Gasteiger partial charge in [-0.25, -0.2) is 4.98 Å². The van der Waals surface area contributed by atoms with E-state index in [9.17, 15) is 4.79 Å². The molecule has 2 aromatic heterocycles. The normalized spacial score (nSPS) is 15.4. The van der Waals surface area contributed by atoms with Gasteiger partial charge in [0.25, 0.3) is 0 Å². The number of thioether (sulfide) groups is 1. The summed E-state index contributed by atoms with van der Waals surface area (Å²) in [4.78, 5) is 16.3. The molecule has 1 aliphatic rings. The SMILES string of the molecule is O=C(CSCc1csc(-c2ccco2)n1)NC1CCCC1. The molecule has 0 atom stereocenters. The molecule has 112 valence electrons. The van der Waals surface area contributed by atoms with Crippen LogP contribution in [-0.2, 0) is 10.5 Å². The number of thiazole rings is 1. The highest BCUT2D eigenvalue weighted by atomic mass is 32.2. The van der Waals surface area contributed by atoms with E-state index in [1.54, 1.807) is 29.4 Å². The molecular weight excluding hydrogens is 304 g/mol. The van der Waals surface area contributed by atoms with Gasteiger partial charge in [0.15, 0.2) is 10.8 Å². The Morgan fingerprint density at radius 2 is 2.33 bits per heavy atom. The number of hydrogen-bond acceptors (Lipinski definition) is 5. The molecule has 1 fully saturated rings. The zero-order valence-corrected chi connectivity index (χ0v) is 13.3. The number of furan rings is 1. The maximum Gasteiger partial charge on any atom is 0.230 e. The molecule has 0 aromatic carbocycles. The summed E-state index contributed by atoms with van der Waals surface area (Å²) in [5.41, 5.74) is 1.00. The molecule has 0 bridgehead atoms. The molecule has 4 nitrogen and oxygen atoms in total. The van der Waals surface area contributed by atoms with E-state index in [4.69, 9.17) is 4.42 Å². The molecule has 6 heteroatoms. The Morgan fingerprint density at radius 1 is 1.48 bits per heavy atom. The number of hydrogen-bond donors (Lipinski definition) is 1. The zero-order chi connectivity index (χ0) is 14.5. The molecule has 0 spiro atoms. The van der Waals surface area contributed by atoms with Crippen LogP contribution in [0.3, 0.4) is 0 Å². The van der Waals surface area contributed by atoms with Gasteiger partial charge in [-0.2, -0.15) is 0 Å². The van der Waals surface area contributed by atoms with Crippen molar-refractivity contribution in [1.29, 1.82) is 0 Å². The minimum atomic E-state index is 0.147. The number of amides is 1. The van der Waals surface area contributed by atoms with Crippen LogP contribution >= 0.6 is 23.1 Å². The molecule has 1 N–H and O–H groups in total. The van der Waals surface area contributed by atoms with Gasteiger partial charge in [0.2, 0.25) is 5.91 Å². The minimum Gasteiger partial charge on any atom is -0.462 e. The van der Waals surface area contributed by atoms with Crippen LogP contribution in [0.5, 0.6) is 0 Å². The second kappa shape index (κ2) is 7.13. The fraction of sp³-hybridized carbons (Fsp3) is 0.467. The third kappa shape index (κ3) is 4.11. The Hall–Kier alpha value is -1.27. The number of carbonyl (C=O) groups excluding carboxylic acids is 1. The molecule has 0 aliphatic heterocycles. The lowest BCUT2D eigenvalue weighted by molar-refractivity contribution is -0.119. The van der Waals surface area contributed by atoms with Crippen LogP contribution < -0.4 is 5.32 Å². The van der Waals surface area contributed by atoms with Gasteiger partial charge in [-0.05, 0) is 25.0 Å². The smallest absolute Gasteiger partial charge is 0.230 e. The molecule has 0 saturated heterocycles. The number of aromatic nitrogens is 1. The Labute approximate surface area is 132 Å². The first-order valence-electron chi connectivity index (χ1n) is 7.16. The standard InChI is InChI=1S/C15H18N2O2S2/c18-14(16-11-4-1-2-5-11)10-20-8-12-9-21-15(17-12)13-6-3-7-19-13/h3,6-7,9,11H,1-2,4-5,8,10H2,(H,16,18). The molecule has 0 unspecified atom stereocenters. The molecular formula is C15H18N2O2S2. The molecule has 1 saturated carbocycles.